The number of nitrogens with one attached hydrogen (secondary N) is 2. The summed E-state index contributed by atoms with van der Waals surface area (Å²) in [5.74, 6) is -0.197. The molecule has 194 valence electrons. The van der Waals surface area contributed by atoms with Gasteiger partial charge in [-0.05, 0) is 54.3 Å². The van der Waals surface area contributed by atoms with Gasteiger partial charge >= 0.3 is 0 Å². The summed E-state index contributed by atoms with van der Waals surface area (Å²) in [6.07, 6.45) is 0. The molecular formula is C31H24ClN3O4. The molecule has 7 nitrogen and oxygen atoms in total. The van der Waals surface area contributed by atoms with Crippen molar-refractivity contribution >= 4 is 62.2 Å². The summed E-state index contributed by atoms with van der Waals surface area (Å²) in [7, 11) is 0. The fourth-order valence-corrected chi connectivity index (χ4v) is 5.53. The number of rotatable bonds is 5. The number of anilines is 2. The van der Waals surface area contributed by atoms with Gasteiger partial charge in [-0.1, -0.05) is 36.4 Å². The zero-order valence-corrected chi connectivity index (χ0v) is 21.8. The predicted octanol–water partition coefficient (Wildman–Crippen LogP) is 6.46. The van der Waals surface area contributed by atoms with E-state index >= 15 is 0 Å². The minimum atomic E-state index is -0.302. The summed E-state index contributed by atoms with van der Waals surface area (Å²) in [5.41, 5.74) is 4.31. The number of carbonyl (C=O) groups excluding carboxylic acids is 3. The molecule has 6 rings (SSSR count). The molecule has 1 aliphatic rings. The van der Waals surface area contributed by atoms with Gasteiger partial charge in [0.25, 0.3) is 11.8 Å². The number of alkyl halides is 1. The molecular weight excluding hydrogens is 514 g/mol. The Bertz CT molecular complexity index is 1790. The highest BCUT2D eigenvalue weighted by molar-refractivity contribution is 6.19. The molecule has 1 atom stereocenters. The Morgan fingerprint density at radius 1 is 0.974 bits per heavy atom. The maximum atomic E-state index is 13.7. The van der Waals surface area contributed by atoms with Crippen LogP contribution in [0.3, 0.4) is 0 Å². The number of hydrogen-bond donors (Lipinski definition) is 3. The number of benzene rings is 4. The zero-order chi connectivity index (χ0) is 27.3. The number of ketones is 1. The molecule has 39 heavy (non-hydrogen) atoms. The topological polar surface area (TPSA) is 102 Å². The van der Waals surface area contributed by atoms with Crippen LogP contribution in [0.4, 0.5) is 11.4 Å². The van der Waals surface area contributed by atoms with Crippen molar-refractivity contribution in [1.82, 2.24) is 4.98 Å². The molecule has 0 aliphatic carbocycles. The molecule has 0 unspecified atom stereocenters. The van der Waals surface area contributed by atoms with Gasteiger partial charge in [0.15, 0.2) is 5.78 Å². The predicted molar refractivity (Wildman–Crippen MR) is 153 cm³/mol. The quantitative estimate of drug-likeness (QED) is 0.177. The molecule has 3 N–H and O–H groups in total. The lowest BCUT2D eigenvalue weighted by Crippen LogP contribution is -2.30. The van der Waals surface area contributed by atoms with E-state index in [1.165, 1.54) is 6.92 Å². The first-order valence-electron chi connectivity index (χ1n) is 12.5. The Labute approximate surface area is 229 Å². The first kappa shape index (κ1) is 24.7. The van der Waals surface area contributed by atoms with Gasteiger partial charge < -0.3 is 20.3 Å². The summed E-state index contributed by atoms with van der Waals surface area (Å²) in [4.78, 5) is 42.7. The van der Waals surface area contributed by atoms with Crippen molar-refractivity contribution in [3.05, 3.63) is 101 Å². The highest BCUT2D eigenvalue weighted by atomic mass is 35.5. The summed E-state index contributed by atoms with van der Waals surface area (Å²) in [6.45, 7) is 1.88. The number of halogens is 1. The van der Waals surface area contributed by atoms with Crippen LogP contribution in [0.25, 0.3) is 21.7 Å². The Hall–Kier alpha value is -4.62. The van der Waals surface area contributed by atoms with Gasteiger partial charge in [-0.3, -0.25) is 14.4 Å². The number of aromatic hydroxyl groups is 1. The fraction of sp³-hybridized carbons (Fsp3) is 0.129. The lowest BCUT2D eigenvalue weighted by molar-refractivity contribution is 0.0982. The van der Waals surface area contributed by atoms with Gasteiger partial charge in [-0.2, -0.15) is 0 Å². The van der Waals surface area contributed by atoms with Crippen molar-refractivity contribution in [2.75, 3.05) is 22.6 Å². The van der Waals surface area contributed by atoms with Crippen molar-refractivity contribution < 1.29 is 19.5 Å². The number of nitrogens with zero attached hydrogens (tertiary/aromatic N) is 1. The molecule has 1 aliphatic heterocycles. The maximum Gasteiger partial charge on any atom is 0.274 e. The average molecular weight is 538 g/mol. The third-order valence-corrected chi connectivity index (χ3v) is 7.61. The average Bonchev–Trinajstić information content (AvgIpc) is 3.54. The molecule has 1 aromatic heterocycles. The van der Waals surface area contributed by atoms with E-state index in [4.69, 9.17) is 11.6 Å². The third-order valence-electron chi connectivity index (χ3n) is 7.24. The second-order valence-corrected chi connectivity index (χ2v) is 10.0. The lowest BCUT2D eigenvalue weighted by Gasteiger charge is -2.17. The molecule has 0 saturated heterocycles. The second-order valence-electron chi connectivity index (χ2n) is 9.71. The van der Waals surface area contributed by atoms with Gasteiger partial charge in [-0.15, -0.1) is 11.6 Å². The number of phenols is 1. The van der Waals surface area contributed by atoms with Crippen LogP contribution in [0, 0.1) is 0 Å². The standard InChI is InChI=1S/C31H24ClN3O4/c1-17(36)18-6-8-19(9-7-18)30(38)33-22-10-11-25-20(12-22)13-26(34-25)31(39)35-16-21(15-32)29-24-5-3-2-4-23(24)28(37)14-27(29)35/h2-14,21,34,37H,15-16H2,1H3,(H,33,38)/t21-/m1/s1. The van der Waals surface area contributed by atoms with Crippen molar-refractivity contribution in [2.45, 2.75) is 12.8 Å². The number of fused-ring (bicyclic) bond motifs is 4. The Morgan fingerprint density at radius 3 is 2.41 bits per heavy atom. The molecule has 8 heteroatoms. The van der Waals surface area contributed by atoms with Crippen molar-refractivity contribution in [3.8, 4) is 5.75 Å². The first-order valence-corrected chi connectivity index (χ1v) is 13.0. The summed E-state index contributed by atoms with van der Waals surface area (Å²) in [6, 6.07) is 22.8. The van der Waals surface area contributed by atoms with Gasteiger partial charge in [0.05, 0.1) is 5.69 Å². The largest absolute Gasteiger partial charge is 0.507 e. The smallest absolute Gasteiger partial charge is 0.274 e. The number of aromatic amines is 1. The number of Topliss-reactive ketones (excluding diaryl/α,β-unsaturated/α-hetero) is 1. The monoisotopic (exact) mass is 537 g/mol. The van der Waals surface area contributed by atoms with E-state index in [0.717, 1.165) is 27.2 Å². The summed E-state index contributed by atoms with van der Waals surface area (Å²) in [5, 5.41) is 15.9. The number of aromatic nitrogens is 1. The molecule has 2 heterocycles. The van der Waals surface area contributed by atoms with Gasteiger partial charge in [0.1, 0.15) is 11.4 Å². The third kappa shape index (κ3) is 4.30. The summed E-state index contributed by atoms with van der Waals surface area (Å²) >= 11 is 6.32. The van der Waals surface area contributed by atoms with Crippen molar-refractivity contribution in [1.29, 1.82) is 0 Å². The van der Waals surface area contributed by atoms with Crippen LogP contribution in [0.2, 0.25) is 0 Å². The van der Waals surface area contributed by atoms with Gasteiger partial charge in [0.2, 0.25) is 0 Å². The maximum absolute atomic E-state index is 13.7. The normalized spacial score (nSPS) is 14.5. The zero-order valence-electron chi connectivity index (χ0n) is 21.0. The van der Waals surface area contributed by atoms with E-state index in [1.54, 1.807) is 59.5 Å². The Kier molecular flexibility index (Phi) is 6.08. The molecule has 0 radical (unpaired) electrons. The van der Waals surface area contributed by atoms with Crippen LogP contribution < -0.4 is 10.2 Å². The van der Waals surface area contributed by atoms with Crippen LogP contribution >= 0.6 is 11.6 Å². The van der Waals surface area contributed by atoms with E-state index < -0.39 is 0 Å². The molecule has 0 saturated carbocycles. The fourth-order valence-electron chi connectivity index (χ4n) is 5.28. The molecule has 0 bridgehead atoms. The molecule has 0 spiro atoms. The van der Waals surface area contributed by atoms with Gasteiger partial charge in [-0.25, -0.2) is 0 Å². The van der Waals surface area contributed by atoms with Crippen LogP contribution in [-0.4, -0.2) is 40.1 Å². The number of hydrogen-bond acceptors (Lipinski definition) is 4. The van der Waals surface area contributed by atoms with Crippen molar-refractivity contribution in [2.24, 2.45) is 0 Å². The minimum Gasteiger partial charge on any atom is -0.507 e. The van der Waals surface area contributed by atoms with E-state index in [-0.39, 0.29) is 29.3 Å². The number of phenolic OH excluding ortho intramolecular Hbond substituents is 1. The van der Waals surface area contributed by atoms with Crippen LogP contribution in [-0.2, 0) is 0 Å². The molecule has 5 aromatic rings. The highest BCUT2D eigenvalue weighted by Crippen LogP contribution is 2.45. The van der Waals surface area contributed by atoms with Crippen LogP contribution in [0.1, 0.15) is 49.6 Å². The Morgan fingerprint density at radius 2 is 1.69 bits per heavy atom. The molecule has 4 aromatic carbocycles. The number of amides is 2. The van der Waals surface area contributed by atoms with E-state index in [2.05, 4.69) is 10.3 Å². The minimum absolute atomic E-state index is 0.0631. The van der Waals surface area contributed by atoms with E-state index in [1.807, 2.05) is 24.3 Å². The van der Waals surface area contributed by atoms with E-state index in [9.17, 15) is 19.5 Å². The Balaban J connectivity index is 1.28. The SMILES string of the molecule is CC(=O)c1ccc(C(=O)Nc2ccc3[nH]c(C(=O)N4C[C@@H](CCl)c5c4cc(O)c4ccccc54)cc3c2)cc1. The molecule has 0 fully saturated rings. The van der Waals surface area contributed by atoms with E-state index in [0.29, 0.717) is 40.6 Å². The lowest BCUT2D eigenvalue weighted by atomic mass is 9.95. The number of H-pyrrole nitrogens is 1. The van der Waals surface area contributed by atoms with Crippen LogP contribution in [0.15, 0.2) is 78.9 Å². The first-order chi connectivity index (χ1) is 18.8. The number of carbonyl (C=O) groups is 3. The van der Waals surface area contributed by atoms with Gasteiger partial charge in [0, 0.05) is 57.5 Å². The molecule has 2 amide bonds. The summed E-state index contributed by atoms with van der Waals surface area (Å²) < 4.78 is 0. The van der Waals surface area contributed by atoms with Crippen molar-refractivity contribution in [3.63, 3.8) is 0 Å². The van der Waals surface area contributed by atoms with Crippen LogP contribution in [0.5, 0.6) is 5.75 Å². The highest BCUT2D eigenvalue weighted by Gasteiger charge is 2.35. The second kappa shape index (κ2) is 9.60.